The van der Waals surface area contributed by atoms with Gasteiger partial charge in [-0.15, -0.1) is 11.6 Å². The molecule has 0 saturated heterocycles. The van der Waals surface area contributed by atoms with E-state index < -0.39 is 0 Å². The van der Waals surface area contributed by atoms with Gasteiger partial charge in [0.05, 0.1) is 18.3 Å². The highest BCUT2D eigenvalue weighted by atomic mass is 79.9. The number of nitrogens with zero attached hydrogens (tertiary/aromatic N) is 2. The van der Waals surface area contributed by atoms with E-state index in [-0.39, 0.29) is 0 Å². The van der Waals surface area contributed by atoms with Gasteiger partial charge in [0.15, 0.2) is 5.75 Å². The van der Waals surface area contributed by atoms with Crippen molar-refractivity contribution in [3.63, 3.8) is 0 Å². The Kier molecular flexibility index (Phi) is 3.51. The van der Waals surface area contributed by atoms with Crippen molar-refractivity contribution >= 4 is 27.5 Å². The van der Waals surface area contributed by atoms with Gasteiger partial charge in [0, 0.05) is 17.1 Å². The maximum absolute atomic E-state index is 5.84. The molecule has 0 saturated carbocycles. The number of alkyl halides is 1. The fourth-order valence-corrected chi connectivity index (χ4v) is 1.87. The molecule has 0 unspecified atom stereocenters. The van der Waals surface area contributed by atoms with Gasteiger partial charge in [0.2, 0.25) is 0 Å². The van der Waals surface area contributed by atoms with E-state index in [9.17, 15) is 0 Å². The third-order valence-corrected chi connectivity index (χ3v) is 2.86. The van der Waals surface area contributed by atoms with Gasteiger partial charge in [-0.2, -0.15) is 5.10 Å². The van der Waals surface area contributed by atoms with Crippen LogP contribution in [0.25, 0.3) is 0 Å². The molecule has 0 aliphatic carbocycles. The van der Waals surface area contributed by atoms with Crippen molar-refractivity contribution in [2.24, 2.45) is 7.05 Å². The van der Waals surface area contributed by atoms with E-state index in [2.05, 4.69) is 21.0 Å². The maximum atomic E-state index is 5.84. The lowest BCUT2D eigenvalue weighted by atomic mass is 10.2. The predicted octanol–water partition coefficient (Wildman–Crippen LogP) is 3.71. The molecule has 2 aromatic rings. The Balaban J connectivity index is 2.29. The van der Waals surface area contributed by atoms with Crippen LogP contribution in [0.3, 0.4) is 0 Å². The summed E-state index contributed by atoms with van der Waals surface area (Å²) in [5.74, 6) is 1.87. The second kappa shape index (κ2) is 4.89. The molecule has 0 atom stereocenters. The molecular weight excluding hydrogens is 291 g/mol. The number of benzene rings is 1. The van der Waals surface area contributed by atoms with Crippen molar-refractivity contribution < 1.29 is 4.74 Å². The smallest absolute Gasteiger partial charge is 0.165 e. The number of aryl methyl sites for hydroxylation is 1. The van der Waals surface area contributed by atoms with E-state index in [1.165, 1.54) is 0 Å². The van der Waals surface area contributed by atoms with Crippen LogP contribution in [-0.4, -0.2) is 9.78 Å². The molecule has 1 heterocycles. The quantitative estimate of drug-likeness (QED) is 0.808. The second-order valence-electron chi connectivity index (χ2n) is 3.34. The topological polar surface area (TPSA) is 27.1 Å². The standard InChI is InChI=1S/C11H10BrClN2O/c1-15-7-10(6-14-15)16-11-4-9(12)3-2-8(11)5-13/h2-4,6-7H,5H2,1H3. The second-order valence-corrected chi connectivity index (χ2v) is 4.52. The highest BCUT2D eigenvalue weighted by Crippen LogP contribution is 2.29. The van der Waals surface area contributed by atoms with Gasteiger partial charge in [0.1, 0.15) is 5.75 Å². The van der Waals surface area contributed by atoms with Gasteiger partial charge in [-0.05, 0) is 12.1 Å². The van der Waals surface area contributed by atoms with E-state index in [4.69, 9.17) is 16.3 Å². The number of ether oxygens (including phenoxy) is 1. The van der Waals surface area contributed by atoms with Crippen molar-refractivity contribution in [1.82, 2.24) is 9.78 Å². The molecule has 1 aromatic heterocycles. The minimum Gasteiger partial charge on any atom is -0.454 e. The van der Waals surface area contributed by atoms with Crippen LogP contribution in [0.15, 0.2) is 35.1 Å². The lowest BCUT2D eigenvalue weighted by Crippen LogP contribution is -1.89. The normalized spacial score (nSPS) is 10.4. The summed E-state index contributed by atoms with van der Waals surface area (Å²) in [6.07, 6.45) is 3.47. The molecule has 0 aliphatic heterocycles. The number of rotatable bonds is 3. The van der Waals surface area contributed by atoms with E-state index in [1.54, 1.807) is 17.1 Å². The first-order valence-electron chi connectivity index (χ1n) is 4.70. The van der Waals surface area contributed by atoms with Gasteiger partial charge >= 0.3 is 0 Å². The first-order chi connectivity index (χ1) is 7.69. The summed E-state index contributed by atoms with van der Waals surface area (Å²) in [4.78, 5) is 0. The highest BCUT2D eigenvalue weighted by molar-refractivity contribution is 9.10. The molecule has 3 nitrogen and oxygen atoms in total. The Morgan fingerprint density at radius 3 is 2.94 bits per heavy atom. The van der Waals surface area contributed by atoms with Crippen molar-refractivity contribution in [2.45, 2.75) is 5.88 Å². The molecule has 84 valence electrons. The summed E-state index contributed by atoms with van der Waals surface area (Å²) < 4.78 is 8.35. The molecular formula is C11H10BrClN2O. The summed E-state index contributed by atoms with van der Waals surface area (Å²) in [7, 11) is 1.84. The molecule has 1 aromatic carbocycles. The van der Waals surface area contributed by atoms with Crippen LogP contribution in [0.4, 0.5) is 0 Å². The number of hydrogen-bond acceptors (Lipinski definition) is 2. The fourth-order valence-electron chi connectivity index (χ4n) is 1.31. The van der Waals surface area contributed by atoms with Gasteiger partial charge in [-0.3, -0.25) is 4.68 Å². The molecule has 0 N–H and O–H groups in total. The Labute approximate surface area is 107 Å². The van der Waals surface area contributed by atoms with Crippen LogP contribution in [0.1, 0.15) is 5.56 Å². The van der Waals surface area contributed by atoms with Gasteiger partial charge < -0.3 is 4.74 Å². The largest absolute Gasteiger partial charge is 0.454 e. The van der Waals surface area contributed by atoms with Gasteiger partial charge in [-0.25, -0.2) is 0 Å². The third kappa shape index (κ3) is 2.57. The van der Waals surface area contributed by atoms with Crippen molar-refractivity contribution in [3.05, 3.63) is 40.6 Å². The van der Waals surface area contributed by atoms with E-state index in [0.29, 0.717) is 11.6 Å². The molecule has 0 aliphatic rings. The summed E-state index contributed by atoms with van der Waals surface area (Å²) in [6, 6.07) is 5.77. The zero-order chi connectivity index (χ0) is 11.5. The Morgan fingerprint density at radius 2 is 2.31 bits per heavy atom. The summed E-state index contributed by atoms with van der Waals surface area (Å²) in [5, 5.41) is 4.04. The first-order valence-corrected chi connectivity index (χ1v) is 6.02. The van der Waals surface area contributed by atoms with E-state index in [0.717, 1.165) is 15.8 Å². The third-order valence-electron chi connectivity index (χ3n) is 2.08. The molecule has 0 radical (unpaired) electrons. The van der Waals surface area contributed by atoms with Crippen LogP contribution in [0.5, 0.6) is 11.5 Å². The van der Waals surface area contributed by atoms with Crippen LogP contribution in [0, 0.1) is 0 Å². The molecule has 16 heavy (non-hydrogen) atoms. The van der Waals surface area contributed by atoms with Gasteiger partial charge in [-0.1, -0.05) is 22.0 Å². The molecule has 0 bridgehead atoms. The Bertz CT molecular complexity index is 498. The molecule has 5 heteroatoms. The zero-order valence-corrected chi connectivity index (χ0v) is 11.0. The average molecular weight is 302 g/mol. The highest BCUT2D eigenvalue weighted by Gasteiger charge is 2.06. The SMILES string of the molecule is Cn1cc(Oc2cc(Br)ccc2CCl)cn1. The minimum atomic E-state index is 0.420. The monoisotopic (exact) mass is 300 g/mol. The van der Waals surface area contributed by atoms with Gasteiger partial charge in [0.25, 0.3) is 0 Å². The Morgan fingerprint density at radius 1 is 1.50 bits per heavy atom. The van der Waals surface area contributed by atoms with E-state index in [1.807, 2.05) is 25.2 Å². The van der Waals surface area contributed by atoms with Crippen LogP contribution < -0.4 is 4.74 Å². The molecule has 0 amide bonds. The van der Waals surface area contributed by atoms with Crippen LogP contribution >= 0.6 is 27.5 Å². The van der Waals surface area contributed by atoms with Crippen LogP contribution in [-0.2, 0) is 12.9 Å². The average Bonchev–Trinajstić information content (AvgIpc) is 2.64. The Hall–Kier alpha value is -1.00. The van der Waals surface area contributed by atoms with E-state index >= 15 is 0 Å². The number of aromatic nitrogens is 2. The number of hydrogen-bond donors (Lipinski definition) is 0. The molecule has 2 rings (SSSR count). The zero-order valence-electron chi connectivity index (χ0n) is 8.65. The van der Waals surface area contributed by atoms with Crippen molar-refractivity contribution in [1.29, 1.82) is 0 Å². The minimum absolute atomic E-state index is 0.420. The van der Waals surface area contributed by atoms with Crippen molar-refractivity contribution in [2.75, 3.05) is 0 Å². The lowest BCUT2D eigenvalue weighted by molar-refractivity contribution is 0.477. The van der Waals surface area contributed by atoms with Crippen molar-refractivity contribution in [3.8, 4) is 11.5 Å². The predicted molar refractivity (Wildman–Crippen MR) is 67.0 cm³/mol. The fraction of sp³-hybridized carbons (Fsp3) is 0.182. The summed E-state index contributed by atoms with van der Waals surface area (Å²) in [6.45, 7) is 0. The molecule has 0 fully saturated rings. The van der Waals surface area contributed by atoms with Crippen LogP contribution in [0.2, 0.25) is 0 Å². The summed E-state index contributed by atoms with van der Waals surface area (Å²) in [5.41, 5.74) is 0.953. The lowest BCUT2D eigenvalue weighted by Gasteiger charge is -2.07. The summed E-state index contributed by atoms with van der Waals surface area (Å²) >= 11 is 9.24. The molecule has 0 spiro atoms. The maximum Gasteiger partial charge on any atom is 0.165 e. The number of halogens is 2. The first kappa shape index (κ1) is 11.5.